The second kappa shape index (κ2) is 9.47. The number of carbonyl (C=O) groups excluding carboxylic acids is 1. The maximum absolute atomic E-state index is 13.9. The van der Waals surface area contributed by atoms with E-state index < -0.39 is 26.1 Å². The van der Waals surface area contributed by atoms with E-state index in [1.54, 1.807) is 13.1 Å². The molecule has 0 saturated carbocycles. The summed E-state index contributed by atoms with van der Waals surface area (Å²) < 4.78 is 31.4. The van der Waals surface area contributed by atoms with Gasteiger partial charge in [-0.05, 0) is 64.0 Å². The SMILES string of the molecule is C[C@H](c1cc(F)ccc1OCCO[Si](C)(C)C(C)(C)C)N(C)C(=O)OC(C)(C)C. The number of nitrogens with zero attached hydrogens (tertiary/aromatic N) is 1. The first kappa shape index (κ1) is 25.4. The van der Waals surface area contributed by atoms with Crippen LogP contribution >= 0.6 is 0 Å². The van der Waals surface area contributed by atoms with E-state index in [1.807, 2.05) is 27.7 Å². The number of hydrogen-bond donors (Lipinski definition) is 0. The highest BCUT2D eigenvalue weighted by Crippen LogP contribution is 2.36. The van der Waals surface area contributed by atoms with E-state index in [-0.39, 0.29) is 10.9 Å². The van der Waals surface area contributed by atoms with Crippen molar-refractivity contribution in [3.63, 3.8) is 0 Å². The van der Waals surface area contributed by atoms with Crippen LogP contribution in [-0.4, -0.2) is 45.2 Å². The maximum Gasteiger partial charge on any atom is 0.410 e. The molecule has 0 bridgehead atoms. The van der Waals surface area contributed by atoms with Crippen LogP contribution in [0.1, 0.15) is 60.1 Å². The lowest BCUT2D eigenvalue weighted by molar-refractivity contribution is 0.0231. The van der Waals surface area contributed by atoms with Crippen LogP contribution in [0.2, 0.25) is 18.1 Å². The molecule has 166 valence electrons. The van der Waals surface area contributed by atoms with Gasteiger partial charge in [-0.1, -0.05) is 20.8 Å². The summed E-state index contributed by atoms with van der Waals surface area (Å²) in [6, 6.07) is 3.93. The van der Waals surface area contributed by atoms with Crippen LogP contribution in [0, 0.1) is 5.82 Å². The summed E-state index contributed by atoms with van der Waals surface area (Å²) in [5.41, 5.74) is -0.0152. The lowest BCUT2D eigenvalue weighted by Gasteiger charge is -2.36. The molecule has 1 atom stereocenters. The van der Waals surface area contributed by atoms with Crippen molar-refractivity contribution >= 4 is 14.4 Å². The first-order valence-electron chi connectivity index (χ1n) is 10.1. The van der Waals surface area contributed by atoms with Gasteiger partial charge in [0.15, 0.2) is 8.32 Å². The first-order chi connectivity index (χ1) is 13.0. The van der Waals surface area contributed by atoms with Crippen LogP contribution in [0.15, 0.2) is 18.2 Å². The van der Waals surface area contributed by atoms with Gasteiger partial charge in [0.05, 0.1) is 12.6 Å². The smallest absolute Gasteiger partial charge is 0.410 e. The quantitative estimate of drug-likeness (QED) is 0.386. The summed E-state index contributed by atoms with van der Waals surface area (Å²) in [5.74, 6) is 0.155. The fraction of sp³-hybridized carbons (Fsp3) is 0.682. The molecule has 0 fully saturated rings. The predicted molar refractivity (Wildman–Crippen MR) is 117 cm³/mol. The molecule has 0 N–H and O–H groups in total. The van der Waals surface area contributed by atoms with Gasteiger partial charge < -0.3 is 18.8 Å². The normalized spacial score (nSPS) is 13.8. The van der Waals surface area contributed by atoms with Gasteiger partial charge in [0.1, 0.15) is 23.8 Å². The Bertz CT molecular complexity index is 695. The van der Waals surface area contributed by atoms with Crippen LogP contribution < -0.4 is 4.74 Å². The molecule has 0 aliphatic rings. The summed E-state index contributed by atoms with van der Waals surface area (Å²) in [5, 5.41) is 0.124. The molecule has 0 spiro atoms. The minimum atomic E-state index is -1.85. The van der Waals surface area contributed by atoms with E-state index in [4.69, 9.17) is 13.9 Å². The first-order valence-corrected chi connectivity index (χ1v) is 13.0. The van der Waals surface area contributed by atoms with Gasteiger partial charge in [0, 0.05) is 12.6 Å². The lowest BCUT2D eigenvalue weighted by Crippen LogP contribution is -2.41. The molecule has 0 aromatic heterocycles. The van der Waals surface area contributed by atoms with Crippen molar-refractivity contribution < 1.29 is 23.1 Å². The van der Waals surface area contributed by atoms with Gasteiger partial charge in [-0.3, -0.25) is 0 Å². The highest BCUT2D eigenvalue weighted by molar-refractivity contribution is 6.74. The highest BCUT2D eigenvalue weighted by Gasteiger charge is 2.37. The van der Waals surface area contributed by atoms with E-state index >= 15 is 0 Å². The Kier molecular flexibility index (Phi) is 8.31. The third kappa shape index (κ3) is 7.62. The molecule has 1 aromatic rings. The molecule has 0 aliphatic carbocycles. The molecule has 1 aromatic carbocycles. The zero-order chi connectivity index (χ0) is 22.6. The monoisotopic (exact) mass is 427 g/mol. The summed E-state index contributed by atoms with van der Waals surface area (Å²) in [4.78, 5) is 13.8. The molecule has 0 radical (unpaired) electrons. The molecular formula is C22H38FNO4Si. The average molecular weight is 428 g/mol. The minimum Gasteiger partial charge on any atom is -0.491 e. The van der Waals surface area contributed by atoms with E-state index in [9.17, 15) is 9.18 Å². The largest absolute Gasteiger partial charge is 0.491 e. The molecule has 0 aliphatic heterocycles. The molecule has 1 amide bonds. The molecular weight excluding hydrogens is 389 g/mol. The highest BCUT2D eigenvalue weighted by atomic mass is 28.4. The zero-order valence-corrected chi connectivity index (χ0v) is 20.7. The fourth-order valence-electron chi connectivity index (χ4n) is 2.34. The molecule has 29 heavy (non-hydrogen) atoms. The number of halogens is 1. The van der Waals surface area contributed by atoms with Crippen LogP contribution in [0.4, 0.5) is 9.18 Å². The van der Waals surface area contributed by atoms with Gasteiger partial charge >= 0.3 is 6.09 Å². The summed E-state index contributed by atoms with van der Waals surface area (Å²) >= 11 is 0. The van der Waals surface area contributed by atoms with Crippen LogP contribution in [0.5, 0.6) is 5.75 Å². The third-order valence-corrected chi connectivity index (χ3v) is 9.83. The average Bonchev–Trinajstić information content (AvgIpc) is 2.55. The number of hydrogen-bond acceptors (Lipinski definition) is 4. The van der Waals surface area contributed by atoms with E-state index in [0.29, 0.717) is 24.5 Å². The predicted octanol–water partition coefficient (Wildman–Crippen LogP) is 6.15. The van der Waals surface area contributed by atoms with Gasteiger partial charge in [0.25, 0.3) is 0 Å². The van der Waals surface area contributed by atoms with Gasteiger partial charge in [-0.2, -0.15) is 0 Å². The number of ether oxygens (including phenoxy) is 2. The van der Waals surface area contributed by atoms with Crippen molar-refractivity contribution in [1.82, 2.24) is 4.90 Å². The van der Waals surface area contributed by atoms with Crippen LogP contribution in [0.3, 0.4) is 0 Å². The molecule has 0 saturated heterocycles. The number of carbonyl (C=O) groups is 1. The topological polar surface area (TPSA) is 48.0 Å². The Labute approximate surface area is 176 Å². The number of benzene rings is 1. The zero-order valence-electron chi connectivity index (χ0n) is 19.7. The standard InChI is InChI=1S/C22H38FNO4Si/c1-16(24(8)20(25)28-21(2,3)4)18-15-17(23)11-12-19(18)26-13-14-27-29(9,10)22(5,6)7/h11-12,15-16H,13-14H2,1-10H3/t16-/m1/s1. The summed E-state index contributed by atoms with van der Waals surface area (Å²) in [6.45, 7) is 19.0. The summed E-state index contributed by atoms with van der Waals surface area (Å²) in [7, 11) is -0.220. The van der Waals surface area contributed by atoms with Crippen molar-refractivity contribution in [2.75, 3.05) is 20.3 Å². The van der Waals surface area contributed by atoms with Crippen molar-refractivity contribution in [2.24, 2.45) is 0 Å². The van der Waals surface area contributed by atoms with Crippen LogP contribution in [0.25, 0.3) is 0 Å². The van der Waals surface area contributed by atoms with Gasteiger partial charge in [-0.25, -0.2) is 9.18 Å². The Morgan fingerprint density at radius 2 is 1.72 bits per heavy atom. The molecule has 0 unspecified atom stereocenters. The Morgan fingerprint density at radius 3 is 2.24 bits per heavy atom. The van der Waals surface area contributed by atoms with E-state index in [0.717, 1.165) is 0 Å². The molecule has 5 nitrogen and oxygen atoms in total. The molecule has 7 heteroatoms. The molecule has 0 heterocycles. The minimum absolute atomic E-state index is 0.124. The van der Waals surface area contributed by atoms with E-state index in [1.165, 1.54) is 17.0 Å². The van der Waals surface area contributed by atoms with Crippen molar-refractivity contribution in [3.05, 3.63) is 29.6 Å². The van der Waals surface area contributed by atoms with E-state index in [2.05, 4.69) is 33.9 Å². The lowest BCUT2D eigenvalue weighted by atomic mass is 10.1. The van der Waals surface area contributed by atoms with Crippen molar-refractivity contribution in [3.8, 4) is 5.75 Å². The van der Waals surface area contributed by atoms with Gasteiger partial charge in [0.2, 0.25) is 0 Å². The Hall–Kier alpha value is -1.60. The number of amides is 1. The van der Waals surface area contributed by atoms with Crippen LogP contribution in [-0.2, 0) is 9.16 Å². The summed E-state index contributed by atoms with van der Waals surface area (Å²) in [6.07, 6.45) is -0.471. The van der Waals surface area contributed by atoms with Crippen molar-refractivity contribution in [2.45, 2.75) is 78.2 Å². The fourth-order valence-corrected chi connectivity index (χ4v) is 3.37. The second-order valence-electron chi connectivity index (χ2n) is 9.91. The number of rotatable bonds is 7. The second-order valence-corrected chi connectivity index (χ2v) is 14.7. The van der Waals surface area contributed by atoms with Gasteiger partial charge in [-0.15, -0.1) is 0 Å². The third-order valence-electron chi connectivity index (χ3n) is 5.29. The molecule has 1 rings (SSSR count). The van der Waals surface area contributed by atoms with Crippen molar-refractivity contribution in [1.29, 1.82) is 0 Å². The Balaban J connectivity index is 2.85. The Morgan fingerprint density at radius 1 is 1.14 bits per heavy atom. The maximum atomic E-state index is 13.9.